The van der Waals surface area contributed by atoms with Crippen LogP contribution in [0, 0.1) is 5.92 Å². The van der Waals surface area contributed by atoms with E-state index in [1.54, 1.807) is 6.20 Å². The third-order valence-corrected chi connectivity index (χ3v) is 6.60. The van der Waals surface area contributed by atoms with Gasteiger partial charge >= 0.3 is 0 Å². The van der Waals surface area contributed by atoms with Gasteiger partial charge in [0.05, 0.1) is 5.56 Å². The van der Waals surface area contributed by atoms with E-state index in [0.717, 1.165) is 60.9 Å². The molecule has 0 aliphatic carbocycles. The predicted octanol–water partition coefficient (Wildman–Crippen LogP) is 5.24. The number of ketones is 1. The zero-order chi connectivity index (χ0) is 22.7. The van der Waals surface area contributed by atoms with E-state index in [1.165, 1.54) is 11.1 Å². The summed E-state index contributed by atoms with van der Waals surface area (Å²) in [7, 11) is 0. The van der Waals surface area contributed by atoms with Crippen molar-refractivity contribution < 1.29 is 9.63 Å². The van der Waals surface area contributed by atoms with Gasteiger partial charge in [0.15, 0.2) is 5.76 Å². The minimum absolute atomic E-state index is 0.0775. The van der Waals surface area contributed by atoms with E-state index in [2.05, 4.69) is 77.3 Å². The third kappa shape index (κ3) is 4.34. The molecule has 0 saturated carbocycles. The Hall–Kier alpha value is -3.31. The molecule has 5 nitrogen and oxygen atoms in total. The second-order valence-electron chi connectivity index (χ2n) is 8.55. The van der Waals surface area contributed by atoms with Gasteiger partial charge in [0.25, 0.3) is 0 Å². The van der Waals surface area contributed by atoms with E-state index in [9.17, 15) is 4.79 Å². The number of carbonyl (C=O) groups excluding carboxylic acids is 1. The first-order valence-electron chi connectivity index (χ1n) is 11.2. The van der Waals surface area contributed by atoms with Crippen LogP contribution in [0.5, 0.6) is 0 Å². The number of nitrogens with two attached hydrogens (primary N) is 1. The maximum absolute atomic E-state index is 12.6. The van der Waals surface area contributed by atoms with Crippen LogP contribution in [-0.2, 0) is 17.7 Å². The maximum Gasteiger partial charge on any atom is 0.231 e. The summed E-state index contributed by atoms with van der Waals surface area (Å²) in [5, 5.41) is 0.834. The van der Waals surface area contributed by atoms with Crippen LogP contribution in [0.25, 0.3) is 16.6 Å². The first-order chi connectivity index (χ1) is 15.5. The SMILES string of the molecule is C=C(ON)C(=O)c1c[nH]c2cc(CC)c(C(=C)N3CCC(Cc4ccccc4)CC3)cc12. The van der Waals surface area contributed by atoms with Gasteiger partial charge in [-0.05, 0) is 61.4 Å². The zero-order valence-electron chi connectivity index (χ0n) is 18.7. The molecular formula is C27H31N3O2. The summed E-state index contributed by atoms with van der Waals surface area (Å²) in [6, 6.07) is 14.9. The minimum atomic E-state index is -0.318. The molecule has 32 heavy (non-hydrogen) atoms. The number of carbonyl (C=O) groups is 1. The van der Waals surface area contributed by atoms with E-state index in [0.29, 0.717) is 11.5 Å². The van der Waals surface area contributed by atoms with Crippen LogP contribution in [0.15, 0.2) is 67.6 Å². The van der Waals surface area contributed by atoms with E-state index in [-0.39, 0.29) is 11.5 Å². The van der Waals surface area contributed by atoms with Crippen molar-refractivity contribution in [3.05, 3.63) is 89.8 Å². The number of piperidine rings is 1. The second-order valence-corrected chi connectivity index (χ2v) is 8.55. The van der Waals surface area contributed by atoms with Crippen LogP contribution in [0.3, 0.4) is 0 Å². The Morgan fingerprint density at radius 3 is 2.53 bits per heavy atom. The number of Topliss-reactive ketones (excluding diaryl/α,β-unsaturated/α-hetero) is 1. The number of aromatic nitrogens is 1. The van der Waals surface area contributed by atoms with Crippen molar-refractivity contribution in [1.29, 1.82) is 0 Å². The molecule has 3 N–H and O–H groups in total. The normalized spacial score (nSPS) is 14.5. The number of benzene rings is 2. The molecule has 1 aromatic heterocycles. The Morgan fingerprint density at radius 2 is 1.88 bits per heavy atom. The quantitative estimate of drug-likeness (QED) is 0.222. The number of aromatic amines is 1. The van der Waals surface area contributed by atoms with Gasteiger partial charge in [-0.2, -0.15) is 5.90 Å². The Bertz CT molecular complexity index is 1140. The van der Waals surface area contributed by atoms with Crippen molar-refractivity contribution in [3.8, 4) is 0 Å². The van der Waals surface area contributed by atoms with Crippen LogP contribution in [-0.4, -0.2) is 28.8 Å². The van der Waals surface area contributed by atoms with Crippen LogP contribution in [0.1, 0.15) is 46.8 Å². The van der Waals surface area contributed by atoms with Gasteiger partial charge in [-0.1, -0.05) is 43.8 Å². The summed E-state index contributed by atoms with van der Waals surface area (Å²) in [5.41, 5.74) is 6.16. The Kier molecular flexibility index (Phi) is 6.47. The Balaban J connectivity index is 1.54. The average Bonchev–Trinajstić information content (AvgIpc) is 3.25. The number of H-pyrrole nitrogens is 1. The number of hydrogen-bond donors (Lipinski definition) is 2. The molecule has 5 heteroatoms. The van der Waals surface area contributed by atoms with Gasteiger partial charge < -0.3 is 14.7 Å². The van der Waals surface area contributed by atoms with Crippen molar-refractivity contribution in [3.63, 3.8) is 0 Å². The maximum atomic E-state index is 12.6. The average molecular weight is 430 g/mol. The van der Waals surface area contributed by atoms with Gasteiger partial charge in [0, 0.05) is 41.4 Å². The monoisotopic (exact) mass is 429 g/mol. The molecule has 4 rings (SSSR count). The number of fused-ring (bicyclic) bond motifs is 1. The summed E-state index contributed by atoms with van der Waals surface area (Å²) in [6.07, 6.45) is 6.02. The molecule has 2 heterocycles. The molecule has 0 atom stereocenters. The summed E-state index contributed by atoms with van der Waals surface area (Å²) in [6.45, 7) is 12.2. The van der Waals surface area contributed by atoms with Crippen LogP contribution >= 0.6 is 0 Å². The number of rotatable bonds is 8. The fraction of sp³-hybridized carbons (Fsp3) is 0.296. The van der Waals surface area contributed by atoms with E-state index >= 15 is 0 Å². The summed E-state index contributed by atoms with van der Waals surface area (Å²) < 4.78 is 0. The molecule has 166 valence electrons. The zero-order valence-corrected chi connectivity index (χ0v) is 18.7. The van der Waals surface area contributed by atoms with Crippen LogP contribution in [0.2, 0.25) is 0 Å². The van der Waals surface area contributed by atoms with Crippen molar-refractivity contribution in [2.75, 3.05) is 13.1 Å². The van der Waals surface area contributed by atoms with Crippen molar-refractivity contribution in [1.82, 2.24) is 9.88 Å². The summed E-state index contributed by atoms with van der Waals surface area (Å²) in [5.74, 6) is 5.46. The number of hydrogen-bond acceptors (Lipinski definition) is 4. The van der Waals surface area contributed by atoms with Crippen molar-refractivity contribution in [2.24, 2.45) is 11.8 Å². The van der Waals surface area contributed by atoms with Gasteiger partial charge in [-0.25, -0.2) is 0 Å². The third-order valence-electron chi connectivity index (χ3n) is 6.60. The lowest BCUT2D eigenvalue weighted by Gasteiger charge is -2.35. The molecule has 0 unspecified atom stereocenters. The van der Waals surface area contributed by atoms with Gasteiger partial charge in [0.2, 0.25) is 5.78 Å². The van der Waals surface area contributed by atoms with E-state index in [1.807, 2.05) is 0 Å². The number of aryl methyl sites for hydroxylation is 1. The topological polar surface area (TPSA) is 71.3 Å². The van der Waals surface area contributed by atoms with Crippen molar-refractivity contribution in [2.45, 2.75) is 32.6 Å². The highest BCUT2D eigenvalue weighted by Gasteiger charge is 2.23. The van der Waals surface area contributed by atoms with E-state index < -0.39 is 0 Å². The fourth-order valence-electron chi connectivity index (χ4n) is 4.69. The lowest BCUT2D eigenvalue weighted by molar-refractivity contribution is 0.0923. The standard InChI is InChI=1S/C27H31N3O2/c1-4-22-15-26-24(25(17-29-26)27(31)19(3)32-28)16-23(22)18(2)30-12-10-21(11-13-30)14-20-8-6-5-7-9-20/h5-9,15-17,21,29H,2-4,10-14,28H2,1H3. The highest BCUT2D eigenvalue weighted by molar-refractivity contribution is 6.15. The minimum Gasteiger partial charge on any atom is -0.408 e. The number of likely N-dealkylation sites (tertiary alicyclic amines) is 1. The molecule has 2 aromatic carbocycles. The number of allylic oxidation sites excluding steroid dienone is 1. The Morgan fingerprint density at radius 1 is 1.16 bits per heavy atom. The largest absolute Gasteiger partial charge is 0.408 e. The molecular weight excluding hydrogens is 398 g/mol. The Labute approximate surface area is 189 Å². The molecule has 1 fully saturated rings. The fourth-order valence-corrected chi connectivity index (χ4v) is 4.69. The summed E-state index contributed by atoms with van der Waals surface area (Å²) >= 11 is 0. The van der Waals surface area contributed by atoms with Gasteiger partial charge in [-0.15, -0.1) is 0 Å². The van der Waals surface area contributed by atoms with Gasteiger partial charge in [-0.3, -0.25) is 4.79 Å². The number of nitrogens with one attached hydrogen (secondary N) is 1. The molecule has 1 saturated heterocycles. The van der Waals surface area contributed by atoms with Crippen LogP contribution < -0.4 is 5.90 Å². The highest BCUT2D eigenvalue weighted by atomic mass is 16.6. The lowest BCUT2D eigenvalue weighted by Crippen LogP contribution is -2.33. The molecule has 0 spiro atoms. The van der Waals surface area contributed by atoms with Gasteiger partial charge in [0.1, 0.15) is 0 Å². The molecule has 1 aliphatic rings. The molecule has 0 radical (unpaired) electrons. The smallest absolute Gasteiger partial charge is 0.231 e. The summed E-state index contributed by atoms with van der Waals surface area (Å²) in [4.78, 5) is 22.8. The molecule has 3 aromatic rings. The lowest BCUT2D eigenvalue weighted by atomic mass is 9.89. The predicted molar refractivity (Wildman–Crippen MR) is 130 cm³/mol. The number of nitrogens with zero attached hydrogens (tertiary/aromatic N) is 1. The molecule has 0 amide bonds. The van der Waals surface area contributed by atoms with Crippen molar-refractivity contribution >= 4 is 22.4 Å². The molecule has 1 aliphatic heterocycles. The van der Waals surface area contributed by atoms with Crippen LogP contribution in [0.4, 0.5) is 0 Å². The highest BCUT2D eigenvalue weighted by Crippen LogP contribution is 2.32. The van der Waals surface area contributed by atoms with E-state index in [4.69, 9.17) is 5.90 Å². The first-order valence-corrected chi connectivity index (χ1v) is 11.2. The first kappa shape index (κ1) is 21.9. The second kappa shape index (κ2) is 9.45. The molecule has 0 bridgehead atoms.